The maximum atomic E-state index is 13.3. The summed E-state index contributed by atoms with van der Waals surface area (Å²) in [6.45, 7) is -0.348. The number of ether oxygens (including phenoxy) is 1. The monoisotopic (exact) mass is 564 g/mol. The fourth-order valence-corrected chi connectivity index (χ4v) is 4.64. The van der Waals surface area contributed by atoms with Gasteiger partial charge in [-0.25, -0.2) is 4.39 Å². The van der Waals surface area contributed by atoms with Gasteiger partial charge < -0.3 is 10.1 Å². The highest BCUT2D eigenvalue weighted by Gasteiger charge is 2.35. The van der Waals surface area contributed by atoms with E-state index in [4.69, 9.17) is 39.5 Å². The van der Waals surface area contributed by atoms with Crippen LogP contribution in [0, 0.1) is 5.82 Å². The minimum absolute atomic E-state index is 0.0766. The van der Waals surface area contributed by atoms with Crippen molar-refractivity contribution in [1.82, 2.24) is 4.90 Å². The molecule has 1 heterocycles. The van der Waals surface area contributed by atoms with E-state index in [9.17, 15) is 18.8 Å². The van der Waals surface area contributed by atoms with Gasteiger partial charge in [0.05, 0.1) is 16.5 Å². The normalized spacial score (nSPS) is 14.4. The Morgan fingerprint density at radius 2 is 1.75 bits per heavy atom. The second-order valence-electron chi connectivity index (χ2n) is 7.54. The number of imide groups is 1. The van der Waals surface area contributed by atoms with Crippen LogP contribution in [0.1, 0.15) is 11.1 Å². The molecular formula is C25H16Cl3FN2O4S. The molecule has 0 bridgehead atoms. The third-order valence-corrected chi connectivity index (χ3v) is 6.76. The molecule has 0 saturated carbocycles. The highest BCUT2D eigenvalue weighted by molar-refractivity contribution is 8.18. The summed E-state index contributed by atoms with van der Waals surface area (Å²) >= 11 is 18.9. The number of amides is 3. The first-order valence-electron chi connectivity index (χ1n) is 10.4. The van der Waals surface area contributed by atoms with E-state index in [1.807, 2.05) is 0 Å². The Balaban J connectivity index is 1.39. The Bertz CT molecular complexity index is 1380. The average molecular weight is 566 g/mol. The number of halogens is 4. The Labute approximate surface area is 225 Å². The van der Waals surface area contributed by atoms with Crippen LogP contribution in [0.5, 0.6) is 5.75 Å². The summed E-state index contributed by atoms with van der Waals surface area (Å²) in [6.07, 6.45) is 1.53. The van der Waals surface area contributed by atoms with Gasteiger partial charge in [-0.15, -0.1) is 0 Å². The molecule has 0 aromatic heterocycles. The fraction of sp³-hybridized carbons (Fsp3) is 0.0800. The van der Waals surface area contributed by atoms with Gasteiger partial charge in [0.1, 0.15) is 11.6 Å². The van der Waals surface area contributed by atoms with Crippen molar-refractivity contribution in [2.75, 3.05) is 11.9 Å². The van der Waals surface area contributed by atoms with E-state index in [-0.39, 0.29) is 39.8 Å². The van der Waals surface area contributed by atoms with Crippen LogP contribution in [0.25, 0.3) is 6.08 Å². The van der Waals surface area contributed by atoms with E-state index >= 15 is 0 Å². The Morgan fingerprint density at radius 1 is 1.00 bits per heavy atom. The van der Waals surface area contributed by atoms with E-state index in [2.05, 4.69) is 5.32 Å². The predicted octanol–water partition coefficient (Wildman–Crippen LogP) is 7.04. The zero-order valence-corrected chi connectivity index (χ0v) is 21.3. The number of rotatable bonds is 7. The molecule has 0 spiro atoms. The van der Waals surface area contributed by atoms with Crippen molar-refractivity contribution in [1.29, 1.82) is 0 Å². The number of nitrogens with one attached hydrogen (secondary N) is 1. The molecular weight excluding hydrogens is 550 g/mol. The third kappa shape index (κ3) is 6.39. The molecule has 3 amide bonds. The van der Waals surface area contributed by atoms with Crippen LogP contribution in [0.3, 0.4) is 0 Å². The molecule has 0 atom stereocenters. The van der Waals surface area contributed by atoms with Crippen LogP contribution < -0.4 is 10.1 Å². The van der Waals surface area contributed by atoms with Gasteiger partial charge in [-0.05, 0) is 77.5 Å². The number of benzene rings is 3. The molecule has 0 unspecified atom stereocenters. The first-order chi connectivity index (χ1) is 17.2. The second-order valence-corrected chi connectivity index (χ2v) is 9.78. The lowest BCUT2D eigenvalue weighted by Gasteiger charge is -2.13. The maximum Gasteiger partial charge on any atom is 0.293 e. The van der Waals surface area contributed by atoms with Crippen molar-refractivity contribution in [3.05, 3.63) is 97.6 Å². The van der Waals surface area contributed by atoms with Gasteiger partial charge in [0.2, 0.25) is 0 Å². The maximum absolute atomic E-state index is 13.3. The third-order valence-electron chi connectivity index (χ3n) is 4.96. The topological polar surface area (TPSA) is 75.7 Å². The summed E-state index contributed by atoms with van der Waals surface area (Å²) in [7, 11) is 0. The summed E-state index contributed by atoms with van der Waals surface area (Å²) in [5.74, 6) is -1.11. The number of carbonyl (C=O) groups excluding carboxylic acids is 3. The average Bonchev–Trinajstić information content (AvgIpc) is 3.09. The molecule has 0 radical (unpaired) electrons. The van der Waals surface area contributed by atoms with E-state index in [0.717, 1.165) is 22.7 Å². The number of thioether (sulfide) groups is 1. The van der Waals surface area contributed by atoms with Crippen molar-refractivity contribution in [3.63, 3.8) is 0 Å². The zero-order chi connectivity index (χ0) is 25.8. The molecule has 1 N–H and O–H groups in total. The van der Waals surface area contributed by atoms with Crippen molar-refractivity contribution in [2.24, 2.45) is 0 Å². The lowest BCUT2D eigenvalue weighted by atomic mass is 10.2. The zero-order valence-electron chi connectivity index (χ0n) is 18.3. The van der Waals surface area contributed by atoms with Crippen molar-refractivity contribution < 1.29 is 23.5 Å². The number of nitrogens with zero attached hydrogens (tertiary/aromatic N) is 1. The van der Waals surface area contributed by atoms with E-state index in [1.54, 1.807) is 42.5 Å². The van der Waals surface area contributed by atoms with Gasteiger partial charge in [0.15, 0.2) is 6.61 Å². The molecule has 4 rings (SSSR count). The highest BCUT2D eigenvalue weighted by atomic mass is 35.5. The molecule has 11 heteroatoms. The first kappa shape index (κ1) is 26.0. The summed E-state index contributed by atoms with van der Waals surface area (Å²) < 4.78 is 18.8. The highest BCUT2D eigenvalue weighted by Crippen LogP contribution is 2.35. The Hall–Kier alpha value is -3.04. The quantitative estimate of drug-likeness (QED) is 0.311. The van der Waals surface area contributed by atoms with Crippen LogP contribution in [0.2, 0.25) is 15.1 Å². The largest absolute Gasteiger partial charge is 0.482 e. The van der Waals surface area contributed by atoms with Crippen LogP contribution in [-0.4, -0.2) is 28.6 Å². The Kier molecular flexibility index (Phi) is 8.21. The lowest BCUT2D eigenvalue weighted by Crippen LogP contribution is -2.27. The number of carbonyl (C=O) groups is 3. The number of hydrogen-bond donors (Lipinski definition) is 1. The molecule has 36 heavy (non-hydrogen) atoms. The minimum Gasteiger partial charge on any atom is -0.482 e. The predicted molar refractivity (Wildman–Crippen MR) is 140 cm³/mol. The molecule has 1 aliphatic rings. The molecule has 0 aliphatic carbocycles. The van der Waals surface area contributed by atoms with Crippen LogP contribution in [0.15, 0.2) is 65.6 Å². The number of hydrogen-bond acceptors (Lipinski definition) is 5. The summed E-state index contributed by atoms with van der Waals surface area (Å²) in [4.78, 5) is 38.6. The molecule has 1 fully saturated rings. The van der Waals surface area contributed by atoms with Crippen LogP contribution >= 0.6 is 46.6 Å². The molecule has 184 valence electrons. The van der Waals surface area contributed by atoms with Gasteiger partial charge in [-0.2, -0.15) is 0 Å². The first-order valence-corrected chi connectivity index (χ1v) is 12.3. The molecule has 3 aromatic rings. The second kappa shape index (κ2) is 11.3. The standard InChI is InChI=1S/C25H16Cl3FN2O4S/c26-16-3-6-18(7-4-16)30-23(32)13-35-21-8-1-14(9-20(21)28)10-22-24(33)31(25(34)36-22)12-15-2-5-17(29)11-19(15)27/h1-11H,12-13H2,(H,30,32)/b22-10-. The SMILES string of the molecule is O=C(COc1ccc(/C=C2\SC(=O)N(Cc3ccc(F)cc3Cl)C2=O)cc1Cl)Nc1ccc(Cl)cc1. The molecule has 1 aliphatic heterocycles. The van der Waals surface area contributed by atoms with Crippen molar-refractivity contribution in [2.45, 2.75) is 6.54 Å². The van der Waals surface area contributed by atoms with Crippen LogP contribution in [0.4, 0.5) is 14.9 Å². The smallest absolute Gasteiger partial charge is 0.293 e. The van der Waals surface area contributed by atoms with E-state index < -0.39 is 17.0 Å². The van der Waals surface area contributed by atoms with Gasteiger partial charge in [0, 0.05) is 15.7 Å². The number of anilines is 1. The summed E-state index contributed by atoms with van der Waals surface area (Å²) in [5, 5.41) is 3.11. The van der Waals surface area contributed by atoms with Gasteiger partial charge >= 0.3 is 0 Å². The van der Waals surface area contributed by atoms with Gasteiger partial charge in [0.25, 0.3) is 17.1 Å². The van der Waals surface area contributed by atoms with Gasteiger partial charge in [-0.3, -0.25) is 19.3 Å². The van der Waals surface area contributed by atoms with E-state index in [0.29, 0.717) is 21.8 Å². The van der Waals surface area contributed by atoms with Gasteiger partial charge in [-0.1, -0.05) is 46.9 Å². The molecule has 3 aromatic carbocycles. The summed E-state index contributed by atoms with van der Waals surface area (Å²) in [6, 6.07) is 15.2. The fourth-order valence-electron chi connectivity index (χ4n) is 3.21. The van der Waals surface area contributed by atoms with Crippen LogP contribution in [-0.2, 0) is 16.1 Å². The summed E-state index contributed by atoms with van der Waals surface area (Å²) in [5.41, 5.74) is 1.58. The van der Waals surface area contributed by atoms with Crippen molar-refractivity contribution >= 4 is 75.4 Å². The lowest BCUT2D eigenvalue weighted by molar-refractivity contribution is -0.123. The van der Waals surface area contributed by atoms with E-state index in [1.165, 1.54) is 18.2 Å². The molecule has 6 nitrogen and oxygen atoms in total. The molecule has 1 saturated heterocycles. The minimum atomic E-state index is -0.510. The van der Waals surface area contributed by atoms with Crippen molar-refractivity contribution in [3.8, 4) is 5.75 Å². The Morgan fingerprint density at radius 3 is 2.44 bits per heavy atom.